The molecule has 0 bridgehead atoms. The van der Waals surface area contributed by atoms with E-state index in [1.165, 1.54) is 6.07 Å². The molecule has 0 unspecified atom stereocenters. The Balaban J connectivity index is 1.98. The third kappa shape index (κ3) is 3.06. The van der Waals surface area contributed by atoms with Gasteiger partial charge < -0.3 is 15.8 Å². The second-order valence-corrected chi connectivity index (χ2v) is 4.29. The smallest absolute Gasteiger partial charge is 0.151 e. The first-order chi connectivity index (χ1) is 8.16. The van der Waals surface area contributed by atoms with Gasteiger partial charge in [-0.2, -0.15) is 0 Å². The van der Waals surface area contributed by atoms with Crippen LogP contribution in [0.1, 0.15) is 12.8 Å². The summed E-state index contributed by atoms with van der Waals surface area (Å²) in [7, 11) is 0. The van der Waals surface area contributed by atoms with E-state index in [0.717, 1.165) is 32.1 Å². The minimum Gasteiger partial charge on any atom is -0.395 e. The normalized spacial score (nSPS) is 17.1. The van der Waals surface area contributed by atoms with Crippen molar-refractivity contribution in [3.63, 3.8) is 0 Å². The van der Waals surface area contributed by atoms with Crippen LogP contribution in [0.25, 0.3) is 0 Å². The highest BCUT2D eigenvalue weighted by atomic mass is 19.1. The molecule has 0 amide bonds. The highest BCUT2D eigenvalue weighted by Crippen LogP contribution is 2.24. The number of rotatable bonds is 3. The zero-order valence-corrected chi connectivity index (χ0v) is 9.51. The van der Waals surface area contributed by atoms with Crippen LogP contribution in [0.3, 0.4) is 0 Å². The average molecular weight is 242 g/mol. The van der Waals surface area contributed by atoms with E-state index in [-0.39, 0.29) is 5.69 Å². The van der Waals surface area contributed by atoms with Crippen molar-refractivity contribution in [2.75, 3.05) is 30.8 Å². The molecule has 0 atom stereocenters. The number of nitrogen functional groups attached to an aromatic ring is 1. The number of hydrogen-bond acceptors (Lipinski definition) is 3. The van der Waals surface area contributed by atoms with E-state index >= 15 is 0 Å². The van der Waals surface area contributed by atoms with Crippen LogP contribution in [0, 0.1) is 17.6 Å². The first-order valence-electron chi connectivity index (χ1n) is 5.73. The van der Waals surface area contributed by atoms with E-state index in [0.29, 0.717) is 18.2 Å². The Morgan fingerprint density at radius 2 is 2.00 bits per heavy atom. The Labute approximate surface area is 98.9 Å². The molecule has 0 spiro atoms. The number of nitrogens with two attached hydrogens (primary N) is 1. The van der Waals surface area contributed by atoms with Gasteiger partial charge in [0.2, 0.25) is 0 Å². The van der Waals surface area contributed by atoms with E-state index in [9.17, 15) is 8.78 Å². The van der Waals surface area contributed by atoms with Crippen LogP contribution in [0.4, 0.5) is 20.2 Å². The molecule has 0 aromatic heterocycles. The Hall–Kier alpha value is -1.36. The predicted octanol–water partition coefficient (Wildman–Crippen LogP) is 2.39. The molecule has 1 saturated heterocycles. The molecule has 3 N–H and O–H groups in total. The number of ether oxygens (including phenoxy) is 1. The number of anilines is 2. The maximum Gasteiger partial charge on any atom is 0.151 e. The van der Waals surface area contributed by atoms with Gasteiger partial charge in [0.05, 0.1) is 11.4 Å². The highest BCUT2D eigenvalue weighted by Gasteiger charge is 2.15. The van der Waals surface area contributed by atoms with E-state index in [1.54, 1.807) is 0 Å². The zero-order chi connectivity index (χ0) is 12.3. The molecule has 1 heterocycles. The largest absolute Gasteiger partial charge is 0.395 e. The fourth-order valence-corrected chi connectivity index (χ4v) is 1.94. The molecule has 1 fully saturated rings. The summed E-state index contributed by atoms with van der Waals surface area (Å²) in [5, 5.41) is 3.00. The van der Waals surface area contributed by atoms with Gasteiger partial charge in [0.15, 0.2) is 5.82 Å². The van der Waals surface area contributed by atoms with Crippen molar-refractivity contribution in [2.45, 2.75) is 12.8 Å². The van der Waals surface area contributed by atoms with Crippen molar-refractivity contribution in [1.29, 1.82) is 0 Å². The second kappa shape index (κ2) is 5.31. The van der Waals surface area contributed by atoms with Crippen LogP contribution in [-0.2, 0) is 4.74 Å². The summed E-state index contributed by atoms with van der Waals surface area (Å²) in [5.41, 5.74) is 5.84. The maximum atomic E-state index is 13.2. The minimum absolute atomic E-state index is 0.0292. The SMILES string of the molecule is Nc1c(F)cc(F)cc1NCC1CCOCC1. The molecule has 5 heteroatoms. The number of nitrogens with one attached hydrogen (secondary N) is 1. The van der Waals surface area contributed by atoms with Gasteiger partial charge in [0.1, 0.15) is 5.82 Å². The van der Waals surface area contributed by atoms with Gasteiger partial charge >= 0.3 is 0 Å². The van der Waals surface area contributed by atoms with E-state index in [1.807, 2.05) is 0 Å². The Morgan fingerprint density at radius 3 is 2.71 bits per heavy atom. The maximum absolute atomic E-state index is 13.2. The van der Waals surface area contributed by atoms with E-state index in [4.69, 9.17) is 10.5 Å². The van der Waals surface area contributed by atoms with Crippen molar-refractivity contribution in [2.24, 2.45) is 5.92 Å². The topological polar surface area (TPSA) is 47.3 Å². The van der Waals surface area contributed by atoms with E-state index < -0.39 is 11.6 Å². The highest BCUT2D eigenvalue weighted by molar-refractivity contribution is 5.66. The molecule has 1 aromatic carbocycles. The van der Waals surface area contributed by atoms with Crippen LogP contribution in [0.2, 0.25) is 0 Å². The molecule has 0 aliphatic carbocycles. The fourth-order valence-electron chi connectivity index (χ4n) is 1.94. The lowest BCUT2D eigenvalue weighted by atomic mass is 10.0. The summed E-state index contributed by atoms with van der Waals surface area (Å²) >= 11 is 0. The summed E-state index contributed by atoms with van der Waals surface area (Å²) in [6.45, 7) is 2.16. The lowest BCUT2D eigenvalue weighted by Gasteiger charge is -2.23. The molecule has 3 nitrogen and oxygen atoms in total. The minimum atomic E-state index is -0.723. The monoisotopic (exact) mass is 242 g/mol. The van der Waals surface area contributed by atoms with Crippen molar-refractivity contribution < 1.29 is 13.5 Å². The summed E-state index contributed by atoms with van der Waals surface area (Å²) < 4.78 is 31.4. The molecule has 0 radical (unpaired) electrons. The summed E-state index contributed by atoms with van der Waals surface area (Å²) in [4.78, 5) is 0. The molecule has 1 aliphatic heterocycles. The van der Waals surface area contributed by atoms with Crippen LogP contribution >= 0.6 is 0 Å². The van der Waals surface area contributed by atoms with Gasteiger partial charge in [0, 0.05) is 25.8 Å². The van der Waals surface area contributed by atoms with Gasteiger partial charge in [-0.25, -0.2) is 8.78 Å². The Morgan fingerprint density at radius 1 is 1.29 bits per heavy atom. The third-order valence-electron chi connectivity index (χ3n) is 3.02. The van der Waals surface area contributed by atoms with Crippen molar-refractivity contribution in [1.82, 2.24) is 0 Å². The molecule has 1 aromatic rings. The molecule has 0 saturated carbocycles. The Kier molecular flexibility index (Phi) is 3.78. The average Bonchev–Trinajstić information content (AvgIpc) is 2.33. The van der Waals surface area contributed by atoms with Gasteiger partial charge in [-0.15, -0.1) is 0 Å². The fraction of sp³-hybridized carbons (Fsp3) is 0.500. The van der Waals surface area contributed by atoms with Crippen LogP contribution in [0.15, 0.2) is 12.1 Å². The quantitative estimate of drug-likeness (QED) is 0.800. The molecule has 1 aliphatic rings. The first-order valence-corrected chi connectivity index (χ1v) is 5.73. The predicted molar refractivity (Wildman–Crippen MR) is 62.8 cm³/mol. The summed E-state index contributed by atoms with van der Waals surface area (Å²) in [6.07, 6.45) is 1.93. The Bertz CT molecular complexity index is 392. The van der Waals surface area contributed by atoms with Crippen molar-refractivity contribution >= 4 is 11.4 Å². The first kappa shape index (κ1) is 12.1. The molecule has 2 rings (SSSR count). The van der Waals surface area contributed by atoms with E-state index in [2.05, 4.69) is 5.32 Å². The van der Waals surface area contributed by atoms with Gasteiger partial charge in [-0.05, 0) is 24.8 Å². The zero-order valence-electron chi connectivity index (χ0n) is 9.51. The third-order valence-corrected chi connectivity index (χ3v) is 3.02. The standard InChI is InChI=1S/C12H16F2N2O/c13-9-5-10(14)12(15)11(6-9)16-7-8-1-3-17-4-2-8/h5-6,8,16H,1-4,7,15H2. The van der Waals surface area contributed by atoms with Crippen molar-refractivity contribution in [3.8, 4) is 0 Å². The van der Waals surface area contributed by atoms with Crippen LogP contribution in [0.5, 0.6) is 0 Å². The molecular weight excluding hydrogens is 226 g/mol. The van der Waals surface area contributed by atoms with Gasteiger partial charge in [0.25, 0.3) is 0 Å². The van der Waals surface area contributed by atoms with Crippen molar-refractivity contribution in [3.05, 3.63) is 23.8 Å². The van der Waals surface area contributed by atoms with Gasteiger partial charge in [-0.3, -0.25) is 0 Å². The molecule has 17 heavy (non-hydrogen) atoms. The molecular formula is C12H16F2N2O. The van der Waals surface area contributed by atoms with Crippen LogP contribution in [-0.4, -0.2) is 19.8 Å². The van der Waals surface area contributed by atoms with Gasteiger partial charge in [-0.1, -0.05) is 0 Å². The number of benzene rings is 1. The summed E-state index contributed by atoms with van der Waals surface area (Å²) in [6, 6.07) is 2.01. The summed E-state index contributed by atoms with van der Waals surface area (Å²) in [5.74, 6) is -0.875. The second-order valence-electron chi connectivity index (χ2n) is 4.29. The number of hydrogen-bond donors (Lipinski definition) is 2. The van der Waals surface area contributed by atoms with Crippen LogP contribution < -0.4 is 11.1 Å². The number of halogens is 2. The molecule has 94 valence electrons. The lowest BCUT2D eigenvalue weighted by Crippen LogP contribution is -2.23. The lowest BCUT2D eigenvalue weighted by molar-refractivity contribution is 0.0699.